The Kier molecular flexibility index (Phi) is 5.89. The molecule has 1 aliphatic heterocycles. The second-order valence-electron chi connectivity index (χ2n) is 8.24. The molecule has 1 heterocycles. The molecule has 9 nitrogen and oxygen atoms in total. The van der Waals surface area contributed by atoms with Crippen molar-refractivity contribution in [3.63, 3.8) is 0 Å². The summed E-state index contributed by atoms with van der Waals surface area (Å²) >= 11 is 0. The van der Waals surface area contributed by atoms with Crippen LogP contribution in [0.25, 0.3) is 0 Å². The van der Waals surface area contributed by atoms with E-state index in [4.69, 9.17) is 15.6 Å². The van der Waals surface area contributed by atoms with Crippen LogP contribution in [0.1, 0.15) is 45.5 Å². The molecule has 1 aliphatic carbocycles. The zero-order chi connectivity index (χ0) is 22.8. The van der Waals surface area contributed by atoms with Gasteiger partial charge in [-0.25, -0.2) is 4.79 Å². The van der Waals surface area contributed by atoms with E-state index in [1.165, 1.54) is 4.90 Å². The fourth-order valence-electron chi connectivity index (χ4n) is 3.58. The Balaban J connectivity index is 1.47. The number of nitrogens with two attached hydrogens (primary N) is 1. The third kappa shape index (κ3) is 4.93. The summed E-state index contributed by atoms with van der Waals surface area (Å²) in [6, 6.07) is 10.2. The molecule has 0 bridgehead atoms. The number of benzene rings is 2. The van der Waals surface area contributed by atoms with Crippen LogP contribution < -0.4 is 21.1 Å². The van der Waals surface area contributed by atoms with Crippen molar-refractivity contribution in [3.8, 4) is 5.75 Å². The molecule has 168 valence electrons. The summed E-state index contributed by atoms with van der Waals surface area (Å²) in [5.74, 6) is -0.143. The molecule has 4 rings (SSSR count). The van der Waals surface area contributed by atoms with Gasteiger partial charge in [0.1, 0.15) is 11.9 Å². The third-order valence-corrected chi connectivity index (χ3v) is 5.65. The number of hydrogen-bond donors (Lipinski definition) is 4. The average molecular weight is 438 g/mol. The number of nitrogens with zero attached hydrogens (tertiary/aromatic N) is 1. The molecule has 0 unspecified atom stereocenters. The fourth-order valence-corrected chi connectivity index (χ4v) is 3.58. The maximum Gasteiger partial charge on any atom is 0.407 e. The number of nitrogen functional groups attached to an aromatic ring is 1. The maximum absolute atomic E-state index is 13.0. The lowest BCUT2D eigenvalue weighted by Gasteiger charge is -2.16. The van der Waals surface area contributed by atoms with E-state index in [2.05, 4.69) is 10.6 Å². The van der Waals surface area contributed by atoms with Gasteiger partial charge < -0.3 is 31.1 Å². The van der Waals surface area contributed by atoms with Crippen molar-refractivity contribution >= 4 is 29.3 Å². The molecule has 0 aromatic heterocycles. The van der Waals surface area contributed by atoms with E-state index >= 15 is 0 Å². The molecule has 1 saturated heterocycles. The van der Waals surface area contributed by atoms with Crippen molar-refractivity contribution < 1.29 is 24.2 Å². The molecule has 0 radical (unpaired) electrons. The van der Waals surface area contributed by atoms with Gasteiger partial charge in [-0.3, -0.25) is 9.59 Å². The topological polar surface area (TPSA) is 134 Å². The Morgan fingerprint density at radius 3 is 2.56 bits per heavy atom. The first-order valence-corrected chi connectivity index (χ1v) is 10.6. The average Bonchev–Trinajstić information content (AvgIpc) is 3.44. The summed E-state index contributed by atoms with van der Waals surface area (Å²) in [6.07, 6.45) is 1.31. The summed E-state index contributed by atoms with van der Waals surface area (Å²) in [7, 11) is 0. The minimum absolute atomic E-state index is 0.162. The van der Waals surface area contributed by atoms with Crippen LogP contribution in [0.4, 0.5) is 16.2 Å². The van der Waals surface area contributed by atoms with Gasteiger partial charge in [0.15, 0.2) is 0 Å². The van der Waals surface area contributed by atoms with Gasteiger partial charge in [-0.05, 0) is 55.7 Å². The molecule has 9 heteroatoms. The van der Waals surface area contributed by atoms with E-state index in [1.54, 1.807) is 36.4 Å². The normalized spacial score (nSPS) is 17.7. The first-order valence-electron chi connectivity index (χ1n) is 10.6. The number of carboxylic acid groups (broad SMARTS) is 1. The van der Waals surface area contributed by atoms with Crippen molar-refractivity contribution in [3.05, 3.63) is 53.1 Å². The van der Waals surface area contributed by atoms with Crippen LogP contribution in [0.5, 0.6) is 5.75 Å². The first-order chi connectivity index (χ1) is 15.3. The number of hydrogen-bond acceptors (Lipinski definition) is 5. The second kappa shape index (κ2) is 8.78. The molecule has 3 amide bonds. The van der Waals surface area contributed by atoms with Crippen molar-refractivity contribution in [2.45, 2.75) is 38.3 Å². The minimum Gasteiger partial charge on any atom is -0.488 e. The maximum atomic E-state index is 13.0. The van der Waals surface area contributed by atoms with E-state index < -0.39 is 12.0 Å². The SMILES string of the molecule is Cc1ccc(C(=O)NC2CC2)cc1NC(=O)c1cc(O[C@@H]2CCN(C(=O)O)C2)ccc1N. The van der Waals surface area contributed by atoms with Crippen molar-refractivity contribution in [2.75, 3.05) is 24.1 Å². The molecule has 32 heavy (non-hydrogen) atoms. The van der Waals surface area contributed by atoms with Gasteiger partial charge in [-0.2, -0.15) is 0 Å². The zero-order valence-corrected chi connectivity index (χ0v) is 17.8. The number of carbonyl (C=O) groups is 3. The van der Waals surface area contributed by atoms with Crippen molar-refractivity contribution in [2.24, 2.45) is 0 Å². The van der Waals surface area contributed by atoms with Gasteiger partial charge in [-0.15, -0.1) is 0 Å². The second-order valence-corrected chi connectivity index (χ2v) is 8.24. The Morgan fingerprint density at radius 2 is 1.88 bits per heavy atom. The molecular weight excluding hydrogens is 412 g/mol. The number of anilines is 2. The number of rotatable bonds is 6. The molecule has 0 spiro atoms. The summed E-state index contributed by atoms with van der Waals surface area (Å²) in [5, 5.41) is 14.9. The Hall–Kier alpha value is -3.75. The molecular formula is C23H26N4O5. The summed E-state index contributed by atoms with van der Waals surface area (Å²) in [5.41, 5.74) is 8.37. The number of aryl methyl sites for hydroxylation is 1. The first kappa shape index (κ1) is 21.5. The lowest BCUT2D eigenvalue weighted by Crippen LogP contribution is -2.29. The molecule has 2 aromatic rings. The van der Waals surface area contributed by atoms with Gasteiger partial charge in [0.25, 0.3) is 11.8 Å². The lowest BCUT2D eigenvalue weighted by atomic mass is 10.1. The van der Waals surface area contributed by atoms with Crippen LogP contribution in [-0.2, 0) is 0 Å². The molecule has 5 N–H and O–H groups in total. The smallest absolute Gasteiger partial charge is 0.407 e. The van der Waals surface area contributed by atoms with E-state index in [0.29, 0.717) is 30.0 Å². The van der Waals surface area contributed by atoms with Crippen LogP contribution in [-0.4, -0.2) is 53.1 Å². The van der Waals surface area contributed by atoms with E-state index in [9.17, 15) is 14.4 Å². The van der Waals surface area contributed by atoms with Gasteiger partial charge in [0.2, 0.25) is 0 Å². The predicted octanol–water partition coefficient (Wildman–Crippen LogP) is 2.85. The highest BCUT2D eigenvalue weighted by Crippen LogP contribution is 2.26. The van der Waals surface area contributed by atoms with Crippen LogP contribution in [0, 0.1) is 6.92 Å². The molecule has 2 aromatic carbocycles. The standard InChI is InChI=1S/C23H26N4O5/c1-13-2-3-14(21(28)25-15-4-5-15)10-20(13)26-22(29)18-11-16(6-7-19(18)24)32-17-8-9-27(12-17)23(30)31/h2-3,6-7,10-11,15,17H,4-5,8-9,12,24H2,1H3,(H,25,28)(H,26,29)(H,30,31)/t17-/m1/s1. The van der Waals surface area contributed by atoms with Gasteiger partial charge in [0, 0.05) is 35.9 Å². The highest BCUT2D eigenvalue weighted by atomic mass is 16.5. The van der Waals surface area contributed by atoms with Crippen LogP contribution in [0.2, 0.25) is 0 Å². The summed E-state index contributed by atoms with van der Waals surface area (Å²) in [6.45, 7) is 2.53. The number of ether oxygens (including phenoxy) is 1. The predicted molar refractivity (Wildman–Crippen MR) is 119 cm³/mol. The van der Waals surface area contributed by atoms with Gasteiger partial charge >= 0.3 is 6.09 Å². The molecule has 2 aliphatic rings. The monoisotopic (exact) mass is 438 g/mol. The summed E-state index contributed by atoms with van der Waals surface area (Å²) < 4.78 is 5.88. The van der Waals surface area contributed by atoms with Crippen molar-refractivity contribution in [1.29, 1.82) is 0 Å². The minimum atomic E-state index is -0.975. The number of likely N-dealkylation sites (tertiary alicyclic amines) is 1. The fraction of sp³-hybridized carbons (Fsp3) is 0.348. The number of amides is 3. The molecule has 1 atom stereocenters. The Labute approximate surface area is 185 Å². The molecule has 2 fully saturated rings. The highest BCUT2D eigenvalue weighted by Gasteiger charge is 2.28. The Morgan fingerprint density at radius 1 is 1.09 bits per heavy atom. The van der Waals surface area contributed by atoms with E-state index in [0.717, 1.165) is 18.4 Å². The highest BCUT2D eigenvalue weighted by molar-refractivity contribution is 6.09. The zero-order valence-electron chi connectivity index (χ0n) is 17.8. The Bertz CT molecular complexity index is 1070. The van der Waals surface area contributed by atoms with Crippen LogP contribution in [0.3, 0.4) is 0 Å². The van der Waals surface area contributed by atoms with E-state index in [-0.39, 0.29) is 35.8 Å². The molecule has 1 saturated carbocycles. The number of nitrogens with one attached hydrogen (secondary N) is 2. The third-order valence-electron chi connectivity index (χ3n) is 5.65. The summed E-state index contributed by atoms with van der Waals surface area (Å²) in [4.78, 5) is 37.7. The van der Waals surface area contributed by atoms with Crippen LogP contribution >= 0.6 is 0 Å². The van der Waals surface area contributed by atoms with Gasteiger partial charge in [-0.1, -0.05) is 6.07 Å². The van der Waals surface area contributed by atoms with Gasteiger partial charge in [0.05, 0.1) is 12.1 Å². The largest absolute Gasteiger partial charge is 0.488 e. The van der Waals surface area contributed by atoms with Crippen molar-refractivity contribution in [1.82, 2.24) is 10.2 Å². The van der Waals surface area contributed by atoms with Crippen LogP contribution in [0.15, 0.2) is 36.4 Å². The van der Waals surface area contributed by atoms with E-state index in [1.807, 2.05) is 6.92 Å². The number of carbonyl (C=O) groups excluding carboxylic acids is 2. The lowest BCUT2D eigenvalue weighted by molar-refractivity contribution is 0.0949. The quantitative estimate of drug-likeness (QED) is 0.513.